The number of hydrogen-bond acceptors (Lipinski definition) is 2. The van der Waals surface area contributed by atoms with Gasteiger partial charge in [0.25, 0.3) is 0 Å². The van der Waals surface area contributed by atoms with Gasteiger partial charge in [-0.1, -0.05) is 30.3 Å². The lowest BCUT2D eigenvalue weighted by Gasteiger charge is -2.39. The molecule has 1 heterocycles. The molecule has 96 valence electrons. The van der Waals surface area contributed by atoms with Crippen molar-refractivity contribution in [3.63, 3.8) is 0 Å². The second-order valence-corrected chi connectivity index (χ2v) is 5.59. The van der Waals surface area contributed by atoms with E-state index in [0.717, 1.165) is 13.0 Å². The zero-order valence-corrected chi connectivity index (χ0v) is 10.8. The molecular weight excluding hydrogens is 234 g/mol. The van der Waals surface area contributed by atoms with Gasteiger partial charge in [0, 0.05) is 18.5 Å². The first-order valence-corrected chi connectivity index (χ1v) is 6.96. The van der Waals surface area contributed by atoms with E-state index in [2.05, 4.69) is 35.6 Å². The summed E-state index contributed by atoms with van der Waals surface area (Å²) < 4.78 is 0. The van der Waals surface area contributed by atoms with Crippen molar-refractivity contribution in [1.29, 1.82) is 0 Å². The standard InChI is InChI=1S/C17H17NO/c19-13-7-5-11-6-8-16-17(15(11)9-13)14-4-2-1-3-12(14)10-18-16/h1-5,7,9,16-19H,6,8,10H2/t16-,17+/m0/s1. The molecule has 0 fully saturated rings. The molecule has 2 aromatic rings. The van der Waals surface area contributed by atoms with Crippen LogP contribution in [0.3, 0.4) is 0 Å². The Kier molecular flexibility index (Phi) is 2.39. The van der Waals surface area contributed by atoms with Crippen LogP contribution >= 0.6 is 0 Å². The molecule has 2 atom stereocenters. The highest BCUT2D eigenvalue weighted by atomic mass is 16.3. The predicted octanol–water partition coefficient (Wildman–Crippen LogP) is 2.94. The number of benzene rings is 2. The predicted molar refractivity (Wildman–Crippen MR) is 75.3 cm³/mol. The Labute approximate surface area is 113 Å². The van der Waals surface area contributed by atoms with Crippen LogP contribution < -0.4 is 5.32 Å². The fourth-order valence-electron chi connectivity index (χ4n) is 3.64. The topological polar surface area (TPSA) is 32.3 Å². The van der Waals surface area contributed by atoms with E-state index in [1.54, 1.807) is 6.07 Å². The van der Waals surface area contributed by atoms with Gasteiger partial charge in [-0.05, 0) is 47.2 Å². The Balaban J connectivity index is 1.92. The highest BCUT2D eigenvalue weighted by molar-refractivity contribution is 5.48. The van der Waals surface area contributed by atoms with E-state index in [1.807, 2.05) is 6.07 Å². The minimum atomic E-state index is 0.377. The van der Waals surface area contributed by atoms with Gasteiger partial charge in [-0.3, -0.25) is 0 Å². The van der Waals surface area contributed by atoms with E-state index >= 15 is 0 Å². The quantitative estimate of drug-likeness (QED) is 0.754. The molecule has 0 saturated heterocycles. The van der Waals surface area contributed by atoms with Crippen LogP contribution in [0.4, 0.5) is 0 Å². The van der Waals surface area contributed by atoms with Gasteiger partial charge in [0.2, 0.25) is 0 Å². The van der Waals surface area contributed by atoms with Gasteiger partial charge < -0.3 is 10.4 Å². The van der Waals surface area contributed by atoms with Crippen molar-refractivity contribution in [3.8, 4) is 5.75 Å². The number of hydrogen-bond donors (Lipinski definition) is 2. The number of nitrogens with one attached hydrogen (secondary N) is 1. The van der Waals surface area contributed by atoms with E-state index in [9.17, 15) is 5.11 Å². The number of aromatic hydroxyl groups is 1. The molecule has 19 heavy (non-hydrogen) atoms. The summed E-state index contributed by atoms with van der Waals surface area (Å²) in [5.41, 5.74) is 5.51. The first kappa shape index (κ1) is 11.1. The Morgan fingerprint density at radius 3 is 2.84 bits per heavy atom. The molecule has 2 N–H and O–H groups in total. The smallest absolute Gasteiger partial charge is 0.115 e. The molecule has 0 bridgehead atoms. The summed E-state index contributed by atoms with van der Waals surface area (Å²) in [5, 5.41) is 13.5. The largest absolute Gasteiger partial charge is 0.508 e. The molecule has 4 rings (SSSR count). The number of rotatable bonds is 0. The Bertz CT molecular complexity index is 635. The molecule has 0 amide bonds. The van der Waals surface area contributed by atoms with Crippen LogP contribution in [0.15, 0.2) is 42.5 Å². The van der Waals surface area contributed by atoms with Crippen LogP contribution in [-0.4, -0.2) is 11.1 Å². The third-order valence-electron chi connectivity index (χ3n) is 4.54. The van der Waals surface area contributed by atoms with E-state index in [4.69, 9.17) is 0 Å². The SMILES string of the molecule is Oc1ccc2c(c1)[C@H]1c3ccccc3CN[C@H]1CC2. The molecule has 2 heteroatoms. The van der Waals surface area contributed by atoms with Gasteiger partial charge in [0.1, 0.15) is 5.75 Å². The van der Waals surface area contributed by atoms with Crippen molar-refractivity contribution in [1.82, 2.24) is 5.32 Å². The van der Waals surface area contributed by atoms with Crippen LogP contribution in [0.2, 0.25) is 0 Å². The van der Waals surface area contributed by atoms with Crippen LogP contribution in [0.1, 0.15) is 34.6 Å². The van der Waals surface area contributed by atoms with Gasteiger partial charge in [0.15, 0.2) is 0 Å². The maximum absolute atomic E-state index is 9.81. The minimum Gasteiger partial charge on any atom is -0.508 e. The first-order valence-electron chi connectivity index (χ1n) is 6.96. The van der Waals surface area contributed by atoms with Gasteiger partial charge in [-0.25, -0.2) is 0 Å². The van der Waals surface area contributed by atoms with Crippen LogP contribution in [-0.2, 0) is 13.0 Å². The van der Waals surface area contributed by atoms with Crippen LogP contribution in [0, 0.1) is 0 Å². The fourth-order valence-corrected chi connectivity index (χ4v) is 3.64. The molecule has 2 aromatic carbocycles. The summed E-state index contributed by atoms with van der Waals surface area (Å²) in [5.74, 6) is 0.767. The van der Waals surface area contributed by atoms with Crippen molar-refractivity contribution in [2.24, 2.45) is 0 Å². The summed E-state index contributed by atoms with van der Waals surface area (Å²) >= 11 is 0. The van der Waals surface area contributed by atoms with Crippen molar-refractivity contribution in [2.45, 2.75) is 31.3 Å². The average Bonchev–Trinajstić information content (AvgIpc) is 2.46. The normalized spacial score (nSPS) is 24.2. The van der Waals surface area contributed by atoms with Crippen LogP contribution in [0.5, 0.6) is 5.75 Å². The fraction of sp³-hybridized carbons (Fsp3) is 0.294. The van der Waals surface area contributed by atoms with Crippen molar-refractivity contribution < 1.29 is 5.11 Å². The second-order valence-electron chi connectivity index (χ2n) is 5.59. The molecular formula is C17H17NO. The van der Waals surface area contributed by atoms with E-state index < -0.39 is 0 Å². The summed E-state index contributed by atoms with van der Waals surface area (Å²) in [4.78, 5) is 0. The third-order valence-corrected chi connectivity index (χ3v) is 4.54. The average molecular weight is 251 g/mol. The number of fused-ring (bicyclic) bond motifs is 5. The monoisotopic (exact) mass is 251 g/mol. The summed E-state index contributed by atoms with van der Waals surface area (Å²) in [6.07, 6.45) is 2.28. The molecule has 1 aliphatic heterocycles. The van der Waals surface area contributed by atoms with E-state index in [1.165, 1.54) is 28.7 Å². The minimum absolute atomic E-state index is 0.377. The molecule has 0 aromatic heterocycles. The second kappa shape index (κ2) is 4.10. The maximum atomic E-state index is 9.81. The molecule has 2 nitrogen and oxygen atoms in total. The van der Waals surface area contributed by atoms with Crippen molar-refractivity contribution in [3.05, 3.63) is 64.7 Å². The summed E-state index contributed by atoms with van der Waals surface area (Å²) in [6.45, 7) is 0.964. The van der Waals surface area contributed by atoms with E-state index in [-0.39, 0.29) is 0 Å². The van der Waals surface area contributed by atoms with E-state index in [0.29, 0.717) is 17.7 Å². The molecule has 1 aliphatic carbocycles. The Morgan fingerprint density at radius 1 is 1.00 bits per heavy atom. The van der Waals surface area contributed by atoms with Crippen LogP contribution in [0.25, 0.3) is 0 Å². The van der Waals surface area contributed by atoms with Gasteiger partial charge in [-0.2, -0.15) is 0 Å². The highest BCUT2D eigenvalue weighted by Gasteiger charge is 2.34. The zero-order valence-electron chi connectivity index (χ0n) is 10.8. The lowest BCUT2D eigenvalue weighted by Crippen LogP contribution is -2.42. The molecule has 0 radical (unpaired) electrons. The number of phenols is 1. The Hall–Kier alpha value is -1.80. The Morgan fingerprint density at radius 2 is 1.89 bits per heavy atom. The van der Waals surface area contributed by atoms with Gasteiger partial charge in [0.05, 0.1) is 0 Å². The number of phenolic OH excluding ortho intramolecular Hbond substituents is 1. The van der Waals surface area contributed by atoms with Gasteiger partial charge in [-0.15, -0.1) is 0 Å². The molecule has 0 saturated carbocycles. The van der Waals surface area contributed by atoms with Crippen molar-refractivity contribution >= 4 is 0 Å². The van der Waals surface area contributed by atoms with Gasteiger partial charge >= 0.3 is 0 Å². The first-order chi connectivity index (χ1) is 9.33. The summed E-state index contributed by atoms with van der Waals surface area (Å²) in [7, 11) is 0. The lowest BCUT2D eigenvalue weighted by atomic mass is 9.72. The third kappa shape index (κ3) is 1.67. The van der Waals surface area contributed by atoms with Crippen molar-refractivity contribution in [2.75, 3.05) is 0 Å². The number of aryl methyl sites for hydroxylation is 1. The summed E-state index contributed by atoms with van der Waals surface area (Å²) in [6, 6.07) is 15.0. The lowest BCUT2D eigenvalue weighted by molar-refractivity contribution is 0.391. The zero-order chi connectivity index (χ0) is 12.8. The molecule has 0 unspecified atom stereocenters. The molecule has 0 spiro atoms. The molecule has 2 aliphatic rings. The highest BCUT2D eigenvalue weighted by Crippen LogP contribution is 2.41. The maximum Gasteiger partial charge on any atom is 0.115 e.